The second-order valence-electron chi connectivity index (χ2n) is 6.14. The zero-order valence-electron chi connectivity index (χ0n) is 11.6. The summed E-state index contributed by atoms with van der Waals surface area (Å²) in [6.07, 6.45) is 11.4. The van der Waals surface area contributed by atoms with Crippen molar-refractivity contribution < 1.29 is 4.74 Å². The fourth-order valence-corrected chi connectivity index (χ4v) is 3.51. The van der Waals surface area contributed by atoms with Crippen LogP contribution in [0.5, 0.6) is 0 Å². The van der Waals surface area contributed by atoms with Gasteiger partial charge in [-0.2, -0.15) is 0 Å². The van der Waals surface area contributed by atoms with E-state index in [4.69, 9.17) is 4.74 Å². The van der Waals surface area contributed by atoms with Crippen LogP contribution in [0.25, 0.3) is 0 Å². The first-order valence-corrected chi connectivity index (χ1v) is 7.58. The summed E-state index contributed by atoms with van der Waals surface area (Å²) in [6.45, 7) is 3.39. The van der Waals surface area contributed by atoms with Gasteiger partial charge >= 0.3 is 0 Å². The van der Waals surface area contributed by atoms with Gasteiger partial charge in [-0.05, 0) is 57.4 Å². The van der Waals surface area contributed by atoms with Crippen molar-refractivity contribution in [2.75, 3.05) is 13.7 Å². The standard InChI is InChI=1S/C15H29NO/c1-12-6-8-13(9-7-12)15(16-2)11-14-5-3-4-10-17-14/h12-16H,3-11H2,1-2H3. The van der Waals surface area contributed by atoms with Gasteiger partial charge in [0.2, 0.25) is 0 Å². The van der Waals surface area contributed by atoms with Crippen molar-refractivity contribution in [3.8, 4) is 0 Å². The largest absolute Gasteiger partial charge is 0.378 e. The smallest absolute Gasteiger partial charge is 0.0590 e. The molecule has 2 heteroatoms. The summed E-state index contributed by atoms with van der Waals surface area (Å²) in [7, 11) is 2.13. The van der Waals surface area contributed by atoms with Gasteiger partial charge in [0.05, 0.1) is 6.10 Å². The van der Waals surface area contributed by atoms with E-state index in [0.29, 0.717) is 12.1 Å². The molecule has 1 heterocycles. The van der Waals surface area contributed by atoms with Gasteiger partial charge in [0.25, 0.3) is 0 Å². The highest BCUT2D eigenvalue weighted by molar-refractivity contribution is 4.83. The van der Waals surface area contributed by atoms with Gasteiger partial charge in [-0.3, -0.25) is 0 Å². The average molecular weight is 239 g/mol. The molecule has 0 radical (unpaired) electrons. The average Bonchev–Trinajstić information content (AvgIpc) is 2.38. The zero-order chi connectivity index (χ0) is 12.1. The summed E-state index contributed by atoms with van der Waals surface area (Å²) in [5, 5.41) is 3.55. The van der Waals surface area contributed by atoms with E-state index in [2.05, 4.69) is 19.3 Å². The molecule has 1 aliphatic heterocycles. The summed E-state index contributed by atoms with van der Waals surface area (Å²) >= 11 is 0. The van der Waals surface area contributed by atoms with Gasteiger partial charge in [-0.15, -0.1) is 0 Å². The SMILES string of the molecule is CNC(CC1CCCCO1)C1CCC(C)CC1. The molecule has 2 unspecified atom stereocenters. The van der Waals surface area contributed by atoms with E-state index in [1.54, 1.807) is 0 Å². The van der Waals surface area contributed by atoms with Gasteiger partial charge in [0.15, 0.2) is 0 Å². The summed E-state index contributed by atoms with van der Waals surface area (Å²) < 4.78 is 5.88. The molecule has 0 aromatic rings. The molecule has 1 saturated carbocycles. The highest BCUT2D eigenvalue weighted by Crippen LogP contribution is 2.32. The molecular weight excluding hydrogens is 210 g/mol. The quantitative estimate of drug-likeness (QED) is 0.812. The normalized spacial score (nSPS) is 36.7. The highest BCUT2D eigenvalue weighted by Gasteiger charge is 2.28. The van der Waals surface area contributed by atoms with Crippen molar-refractivity contribution in [3.63, 3.8) is 0 Å². The van der Waals surface area contributed by atoms with Gasteiger partial charge < -0.3 is 10.1 Å². The third-order valence-electron chi connectivity index (χ3n) is 4.79. The lowest BCUT2D eigenvalue weighted by Crippen LogP contribution is -2.39. The summed E-state index contributed by atoms with van der Waals surface area (Å²) in [5.74, 6) is 1.84. The van der Waals surface area contributed by atoms with Crippen molar-refractivity contribution in [3.05, 3.63) is 0 Å². The molecule has 2 fully saturated rings. The molecule has 1 N–H and O–H groups in total. The number of nitrogens with one attached hydrogen (secondary N) is 1. The van der Waals surface area contributed by atoms with E-state index >= 15 is 0 Å². The minimum absolute atomic E-state index is 0.528. The van der Waals surface area contributed by atoms with Crippen LogP contribution < -0.4 is 5.32 Å². The predicted octanol–water partition coefficient (Wildman–Crippen LogP) is 3.36. The van der Waals surface area contributed by atoms with E-state index in [1.807, 2.05) is 0 Å². The van der Waals surface area contributed by atoms with Crippen molar-refractivity contribution in [1.82, 2.24) is 5.32 Å². The monoisotopic (exact) mass is 239 g/mol. The minimum atomic E-state index is 0.528. The van der Waals surface area contributed by atoms with Crippen LogP contribution in [-0.4, -0.2) is 25.8 Å². The first-order chi connectivity index (χ1) is 8.29. The first-order valence-electron chi connectivity index (χ1n) is 7.58. The van der Waals surface area contributed by atoms with Crippen LogP contribution in [0.3, 0.4) is 0 Å². The number of hydrogen-bond donors (Lipinski definition) is 1. The van der Waals surface area contributed by atoms with E-state index in [9.17, 15) is 0 Å². The summed E-state index contributed by atoms with van der Waals surface area (Å²) in [4.78, 5) is 0. The Labute approximate surface area is 107 Å². The Morgan fingerprint density at radius 2 is 1.88 bits per heavy atom. The summed E-state index contributed by atoms with van der Waals surface area (Å²) in [6, 6.07) is 0.686. The van der Waals surface area contributed by atoms with Crippen LogP contribution in [0.1, 0.15) is 58.3 Å². The second-order valence-corrected chi connectivity index (χ2v) is 6.14. The third kappa shape index (κ3) is 3.96. The Bertz CT molecular complexity index is 205. The lowest BCUT2D eigenvalue weighted by Gasteiger charge is -2.35. The van der Waals surface area contributed by atoms with Crippen molar-refractivity contribution in [2.24, 2.45) is 11.8 Å². The van der Waals surface area contributed by atoms with Crippen LogP contribution >= 0.6 is 0 Å². The van der Waals surface area contributed by atoms with E-state index < -0.39 is 0 Å². The number of hydrogen-bond acceptors (Lipinski definition) is 2. The molecule has 1 saturated heterocycles. The van der Waals surface area contributed by atoms with Crippen LogP contribution in [0.4, 0.5) is 0 Å². The molecule has 17 heavy (non-hydrogen) atoms. The topological polar surface area (TPSA) is 21.3 Å². The van der Waals surface area contributed by atoms with Crippen LogP contribution in [0, 0.1) is 11.8 Å². The molecule has 1 aliphatic carbocycles. The van der Waals surface area contributed by atoms with E-state index in [-0.39, 0.29) is 0 Å². The van der Waals surface area contributed by atoms with Crippen molar-refractivity contribution in [1.29, 1.82) is 0 Å². The van der Waals surface area contributed by atoms with Gasteiger partial charge in [0.1, 0.15) is 0 Å². The Morgan fingerprint density at radius 3 is 2.47 bits per heavy atom. The summed E-state index contributed by atoms with van der Waals surface area (Å²) in [5.41, 5.74) is 0. The molecular formula is C15H29NO. The van der Waals surface area contributed by atoms with Crippen molar-refractivity contribution >= 4 is 0 Å². The Morgan fingerprint density at radius 1 is 1.12 bits per heavy atom. The molecule has 0 bridgehead atoms. The maximum Gasteiger partial charge on any atom is 0.0590 e. The molecule has 2 aliphatic rings. The van der Waals surface area contributed by atoms with Crippen LogP contribution in [0.15, 0.2) is 0 Å². The Kier molecular flexibility index (Phi) is 5.30. The molecule has 2 atom stereocenters. The molecule has 2 nitrogen and oxygen atoms in total. The molecule has 0 spiro atoms. The second kappa shape index (κ2) is 6.75. The highest BCUT2D eigenvalue weighted by atomic mass is 16.5. The lowest BCUT2D eigenvalue weighted by atomic mass is 9.77. The molecule has 100 valence electrons. The maximum atomic E-state index is 5.88. The van der Waals surface area contributed by atoms with Crippen LogP contribution in [-0.2, 0) is 4.74 Å². The molecule has 0 aromatic heterocycles. The Hall–Kier alpha value is -0.0800. The Balaban J connectivity index is 1.78. The van der Waals surface area contributed by atoms with E-state index in [1.165, 1.54) is 51.4 Å². The lowest BCUT2D eigenvalue weighted by molar-refractivity contribution is -0.000315. The van der Waals surface area contributed by atoms with E-state index in [0.717, 1.165) is 18.4 Å². The number of ether oxygens (including phenoxy) is 1. The zero-order valence-corrected chi connectivity index (χ0v) is 11.6. The predicted molar refractivity (Wildman–Crippen MR) is 72.2 cm³/mol. The maximum absolute atomic E-state index is 5.88. The third-order valence-corrected chi connectivity index (χ3v) is 4.79. The van der Waals surface area contributed by atoms with Crippen molar-refractivity contribution in [2.45, 2.75) is 70.4 Å². The first kappa shape index (κ1) is 13.4. The molecule has 2 rings (SSSR count). The number of rotatable bonds is 4. The molecule has 0 aromatic carbocycles. The molecule has 0 amide bonds. The fourth-order valence-electron chi connectivity index (χ4n) is 3.51. The van der Waals surface area contributed by atoms with Gasteiger partial charge in [0, 0.05) is 12.6 Å². The van der Waals surface area contributed by atoms with Gasteiger partial charge in [-0.1, -0.05) is 19.8 Å². The minimum Gasteiger partial charge on any atom is -0.378 e. The fraction of sp³-hybridized carbons (Fsp3) is 1.00. The van der Waals surface area contributed by atoms with Crippen LogP contribution in [0.2, 0.25) is 0 Å². The van der Waals surface area contributed by atoms with Gasteiger partial charge in [-0.25, -0.2) is 0 Å².